The molecule has 4 nitrogen and oxygen atoms in total. The third-order valence-corrected chi connectivity index (χ3v) is 3.65. The van der Waals surface area contributed by atoms with Crippen molar-refractivity contribution < 1.29 is 19.0 Å². The van der Waals surface area contributed by atoms with Gasteiger partial charge in [-0.3, -0.25) is 4.79 Å². The van der Waals surface area contributed by atoms with Crippen molar-refractivity contribution in [2.24, 2.45) is 5.92 Å². The molecule has 0 aliphatic heterocycles. The molecule has 21 heavy (non-hydrogen) atoms. The maximum Gasteiger partial charge on any atom is 0.310 e. The molecule has 0 aromatic heterocycles. The van der Waals surface area contributed by atoms with Crippen molar-refractivity contribution in [3.63, 3.8) is 0 Å². The Balaban J connectivity index is 1.85. The molecule has 114 valence electrons. The number of ether oxygens (including phenoxy) is 3. The molecule has 0 amide bonds. The van der Waals surface area contributed by atoms with E-state index >= 15 is 0 Å². The van der Waals surface area contributed by atoms with Crippen molar-refractivity contribution in [1.82, 2.24) is 0 Å². The molecule has 1 atom stereocenters. The Morgan fingerprint density at radius 3 is 2.67 bits per heavy atom. The van der Waals surface area contributed by atoms with Gasteiger partial charge in [0.1, 0.15) is 0 Å². The number of hydrogen-bond acceptors (Lipinski definition) is 4. The van der Waals surface area contributed by atoms with E-state index < -0.39 is 0 Å². The van der Waals surface area contributed by atoms with Crippen LogP contribution in [0.1, 0.15) is 24.8 Å². The number of carbonyl (C=O) groups is 1. The van der Waals surface area contributed by atoms with Crippen LogP contribution in [0, 0.1) is 5.92 Å². The first-order valence-electron chi connectivity index (χ1n) is 7.24. The number of esters is 1. The molecule has 0 fully saturated rings. The van der Waals surface area contributed by atoms with Gasteiger partial charge in [0.15, 0.2) is 11.5 Å². The number of rotatable bonds is 6. The lowest BCUT2D eigenvalue weighted by Crippen LogP contribution is -2.16. The first-order valence-corrected chi connectivity index (χ1v) is 7.24. The predicted molar refractivity (Wildman–Crippen MR) is 80.7 cm³/mol. The highest BCUT2D eigenvalue weighted by Gasteiger charge is 2.14. The van der Waals surface area contributed by atoms with Crippen molar-refractivity contribution in [3.05, 3.63) is 35.9 Å². The minimum Gasteiger partial charge on any atom is -0.493 e. The average Bonchev–Trinajstić information content (AvgIpc) is 2.53. The Hall–Kier alpha value is -1.97. The van der Waals surface area contributed by atoms with E-state index in [1.165, 1.54) is 0 Å². The van der Waals surface area contributed by atoms with Crippen LogP contribution in [0.5, 0.6) is 11.5 Å². The van der Waals surface area contributed by atoms with Crippen molar-refractivity contribution >= 4 is 5.97 Å². The van der Waals surface area contributed by atoms with Gasteiger partial charge in [-0.1, -0.05) is 18.2 Å². The normalized spacial score (nSPS) is 17.3. The highest BCUT2D eigenvalue weighted by Crippen LogP contribution is 2.27. The molecule has 4 heteroatoms. The second-order valence-electron chi connectivity index (χ2n) is 5.20. The summed E-state index contributed by atoms with van der Waals surface area (Å²) in [7, 11) is 3.17. The quantitative estimate of drug-likeness (QED) is 0.596. The molecule has 0 saturated carbocycles. The van der Waals surface area contributed by atoms with Gasteiger partial charge in [-0.2, -0.15) is 0 Å². The fraction of sp³-hybridized carbons (Fsp3) is 0.471. The van der Waals surface area contributed by atoms with Crippen molar-refractivity contribution in [1.29, 1.82) is 0 Å². The second-order valence-corrected chi connectivity index (χ2v) is 5.20. The van der Waals surface area contributed by atoms with E-state index in [0.29, 0.717) is 24.0 Å². The Labute approximate surface area is 125 Å². The Bertz CT molecular complexity index is 508. The summed E-state index contributed by atoms with van der Waals surface area (Å²) in [5, 5.41) is 0. The van der Waals surface area contributed by atoms with Gasteiger partial charge in [0.05, 0.1) is 27.2 Å². The minimum atomic E-state index is -0.197. The molecular formula is C17H22O4. The molecule has 0 heterocycles. The van der Waals surface area contributed by atoms with Crippen LogP contribution >= 0.6 is 0 Å². The summed E-state index contributed by atoms with van der Waals surface area (Å²) in [6.07, 6.45) is 7.78. The standard InChI is InChI=1S/C17H22O4/c1-19-15-9-8-14(10-16(15)20-2)11-17(18)21-12-13-6-4-3-5-7-13/h3-4,8-10,13H,5-7,11-12H2,1-2H3. The molecule has 0 N–H and O–H groups in total. The fourth-order valence-corrected chi connectivity index (χ4v) is 2.43. The fourth-order valence-electron chi connectivity index (χ4n) is 2.43. The zero-order valence-electron chi connectivity index (χ0n) is 12.6. The molecule has 0 saturated heterocycles. The molecule has 1 unspecified atom stereocenters. The number of benzene rings is 1. The molecule has 0 radical (unpaired) electrons. The summed E-state index contributed by atoms with van der Waals surface area (Å²) >= 11 is 0. The molecule has 2 rings (SSSR count). The highest BCUT2D eigenvalue weighted by atomic mass is 16.5. The van der Waals surface area contributed by atoms with Gasteiger partial charge in [0, 0.05) is 0 Å². The lowest BCUT2D eigenvalue weighted by molar-refractivity contribution is -0.144. The zero-order valence-corrected chi connectivity index (χ0v) is 12.6. The van der Waals surface area contributed by atoms with E-state index in [1.54, 1.807) is 20.3 Å². The number of methoxy groups -OCH3 is 2. The van der Waals surface area contributed by atoms with Crippen LogP contribution in [0.25, 0.3) is 0 Å². The van der Waals surface area contributed by atoms with Gasteiger partial charge in [-0.05, 0) is 42.9 Å². The maximum absolute atomic E-state index is 11.9. The van der Waals surface area contributed by atoms with E-state index in [1.807, 2.05) is 12.1 Å². The molecule has 0 bridgehead atoms. The van der Waals surface area contributed by atoms with Crippen molar-refractivity contribution in [2.75, 3.05) is 20.8 Å². The van der Waals surface area contributed by atoms with Crippen LogP contribution in [0.4, 0.5) is 0 Å². The van der Waals surface area contributed by atoms with Crippen LogP contribution < -0.4 is 9.47 Å². The van der Waals surface area contributed by atoms with E-state index in [0.717, 1.165) is 24.8 Å². The van der Waals surface area contributed by atoms with Crippen LogP contribution in [0.15, 0.2) is 30.4 Å². The monoisotopic (exact) mass is 290 g/mol. The zero-order chi connectivity index (χ0) is 15.1. The van der Waals surface area contributed by atoms with Gasteiger partial charge in [-0.15, -0.1) is 0 Å². The van der Waals surface area contributed by atoms with Crippen molar-refractivity contribution in [3.8, 4) is 11.5 Å². The molecule has 1 aliphatic carbocycles. The van der Waals surface area contributed by atoms with Crippen LogP contribution in [-0.2, 0) is 16.0 Å². The first-order chi connectivity index (χ1) is 10.2. The average molecular weight is 290 g/mol. The molecular weight excluding hydrogens is 268 g/mol. The summed E-state index contributed by atoms with van der Waals surface area (Å²) in [5.41, 5.74) is 0.862. The topological polar surface area (TPSA) is 44.8 Å². The van der Waals surface area contributed by atoms with Crippen LogP contribution in [0.3, 0.4) is 0 Å². The smallest absolute Gasteiger partial charge is 0.310 e. The summed E-state index contributed by atoms with van der Waals surface area (Å²) in [6, 6.07) is 5.46. The number of carbonyl (C=O) groups excluding carboxylic acids is 1. The van der Waals surface area contributed by atoms with Crippen LogP contribution in [-0.4, -0.2) is 26.8 Å². The van der Waals surface area contributed by atoms with E-state index in [9.17, 15) is 4.79 Å². The van der Waals surface area contributed by atoms with Gasteiger partial charge < -0.3 is 14.2 Å². The Morgan fingerprint density at radius 2 is 2.00 bits per heavy atom. The lowest BCUT2D eigenvalue weighted by Gasteiger charge is -2.17. The van der Waals surface area contributed by atoms with E-state index in [4.69, 9.17) is 14.2 Å². The largest absolute Gasteiger partial charge is 0.493 e. The Kier molecular flexibility index (Phi) is 5.67. The van der Waals surface area contributed by atoms with Gasteiger partial charge in [0.2, 0.25) is 0 Å². The summed E-state index contributed by atoms with van der Waals surface area (Å²) in [5.74, 6) is 1.55. The first kappa shape index (κ1) is 15.4. The number of hydrogen-bond donors (Lipinski definition) is 0. The van der Waals surface area contributed by atoms with Gasteiger partial charge in [-0.25, -0.2) is 0 Å². The SMILES string of the molecule is COc1ccc(CC(=O)OCC2CC=CCC2)cc1OC. The Morgan fingerprint density at radius 1 is 1.19 bits per heavy atom. The maximum atomic E-state index is 11.9. The van der Waals surface area contributed by atoms with Crippen LogP contribution in [0.2, 0.25) is 0 Å². The van der Waals surface area contributed by atoms with Crippen molar-refractivity contribution in [2.45, 2.75) is 25.7 Å². The third-order valence-electron chi connectivity index (χ3n) is 3.65. The predicted octanol–water partition coefficient (Wildman–Crippen LogP) is 3.15. The lowest BCUT2D eigenvalue weighted by atomic mass is 9.95. The molecule has 1 aromatic rings. The van der Waals surface area contributed by atoms with Gasteiger partial charge >= 0.3 is 5.97 Å². The summed E-state index contributed by atoms with van der Waals surface area (Å²) < 4.78 is 15.8. The minimum absolute atomic E-state index is 0.197. The summed E-state index contributed by atoms with van der Waals surface area (Å²) in [4.78, 5) is 11.9. The molecule has 1 aromatic carbocycles. The van der Waals surface area contributed by atoms with E-state index in [-0.39, 0.29) is 12.4 Å². The number of allylic oxidation sites excluding steroid dienone is 2. The molecule has 0 spiro atoms. The summed E-state index contributed by atoms with van der Waals surface area (Å²) in [6.45, 7) is 0.510. The highest BCUT2D eigenvalue weighted by molar-refractivity contribution is 5.73. The molecule has 1 aliphatic rings. The van der Waals surface area contributed by atoms with Gasteiger partial charge in [0.25, 0.3) is 0 Å². The third kappa shape index (κ3) is 4.52. The second kappa shape index (κ2) is 7.72. The van der Waals surface area contributed by atoms with E-state index in [2.05, 4.69) is 12.2 Å².